The summed E-state index contributed by atoms with van der Waals surface area (Å²) in [7, 11) is 1.96. The average Bonchev–Trinajstić information content (AvgIpc) is 3.02. The predicted octanol–water partition coefficient (Wildman–Crippen LogP) is 2.60. The Morgan fingerprint density at radius 1 is 1.50 bits per heavy atom. The maximum absolute atomic E-state index is 4.73. The molecule has 2 aliphatic rings. The summed E-state index contributed by atoms with van der Waals surface area (Å²) in [4.78, 5) is 4.73. The van der Waals surface area contributed by atoms with Gasteiger partial charge in [-0.25, -0.2) is 0 Å². The van der Waals surface area contributed by atoms with Crippen LogP contribution in [0.5, 0.6) is 0 Å². The second kappa shape index (κ2) is 5.80. The lowest BCUT2D eigenvalue weighted by Gasteiger charge is -2.35. The van der Waals surface area contributed by atoms with Crippen LogP contribution in [0.15, 0.2) is 17.4 Å². The molecule has 110 valence electrons. The first-order chi connectivity index (χ1) is 9.65. The van der Waals surface area contributed by atoms with Gasteiger partial charge in [-0.1, -0.05) is 18.7 Å². The van der Waals surface area contributed by atoms with E-state index in [1.807, 2.05) is 29.7 Å². The van der Waals surface area contributed by atoms with Crippen LogP contribution >= 0.6 is 11.8 Å². The maximum Gasteiger partial charge on any atom is 0.157 e. The fraction of sp³-hybridized carbons (Fsp3) is 0.733. The number of nitrogens with one attached hydrogen (secondary N) is 1. The molecule has 1 aliphatic heterocycles. The van der Waals surface area contributed by atoms with Crippen LogP contribution in [-0.2, 0) is 13.5 Å². The molecule has 2 fully saturated rings. The Morgan fingerprint density at radius 2 is 2.30 bits per heavy atom. The molecule has 1 spiro atoms. The van der Waals surface area contributed by atoms with E-state index in [9.17, 15) is 0 Å². The summed E-state index contributed by atoms with van der Waals surface area (Å²) in [5.41, 5.74) is 1.62. The van der Waals surface area contributed by atoms with E-state index in [0.29, 0.717) is 5.54 Å². The van der Waals surface area contributed by atoms with Crippen molar-refractivity contribution in [3.8, 4) is 0 Å². The van der Waals surface area contributed by atoms with Crippen molar-refractivity contribution in [1.29, 1.82) is 0 Å². The van der Waals surface area contributed by atoms with Crippen LogP contribution in [0, 0.1) is 5.92 Å². The summed E-state index contributed by atoms with van der Waals surface area (Å²) < 4.78 is 1.85. The van der Waals surface area contributed by atoms with Crippen molar-refractivity contribution in [1.82, 2.24) is 15.1 Å². The second-order valence-electron chi connectivity index (χ2n) is 6.34. The highest BCUT2D eigenvalue weighted by Gasteiger charge is 2.39. The molecule has 1 aliphatic carbocycles. The van der Waals surface area contributed by atoms with Gasteiger partial charge in [-0.05, 0) is 43.6 Å². The Labute approximate surface area is 125 Å². The van der Waals surface area contributed by atoms with E-state index in [-0.39, 0.29) is 0 Å². The highest BCUT2D eigenvalue weighted by molar-refractivity contribution is 8.14. The molecule has 4 nitrogen and oxygen atoms in total. The fourth-order valence-corrected chi connectivity index (χ4v) is 4.31. The van der Waals surface area contributed by atoms with Crippen molar-refractivity contribution in [2.75, 3.05) is 12.3 Å². The molecule has 0 amide bonds. The molecule has 1 aromatic heterocycles. The molecule has 20 heavy (non-hydrogen) atoms. The van der Waals surface area contributed by atoms with Crippen LogP contribution < -0.4 is 5.32 Å². The van der Waals surface area contributed by atoms with Crippen LogP contribution in [0.2, 0.25) is 0 Å². The SMILES string of the molecule is CC1CCC2(CC1)CSC(=NCCc1cnn(C)c1)N2. The van der Waals surface area contributed by atoms with Gasteiger partial charge < -0.3 is 5.32 Å². The molecule has 0 aromatic carbocycles. The van der Waals surface area contributed by atoms with E-state index in [0.717, 1.165) is 24.1 Å². The summed E-state index contributed by atoms with van der Waals surface area (Å²) in [6, 6.07) is 0. The third-order valence-corrected chi connectivity index (χ3v) is 5.70. The van der Waals surface area contributed by atoms with Crippen LogP contribution in [-0.4, -0.2) is 32.8 Å². The van der Waals surface area contributed by atoms with Gasteiger partial charge in [0, 0.05) is 31.1 Å². The third-order valence-electron chi connectivity index (χ3n) is 4.50. The zero-order chi connectivity index (χ0) is 14.0. The van der Waals surface area contributed by atoms with Gasteiger partial charge in [0.05, 0.1) is 6.20 Å². The number of aromatic nitrogens is 2. The molecule has 1 N–H and O–H groups in total. The minimum Gasteiger partial charge on any atom is -0.359 e. The summed E-state index contributed by atoms with van der Waals surface area (Å²) in [5, 5.41) is 9.06. The van der Waals surface area contributed by atoms with Crippen LogP contribution in [0.25, 0.3) is 0 Å². The maximum atomic E-state index is 4.73. The van der Waals surface area contributed by atoms with E-state index < -0.39 is 0 Å². The molecule has 1 saturated carbocycles. The van der Waals surface area contributed by atoms with Gasteiger partial charge in [0.2, 0.25) is 0 Å². The Kier molecular flexibility index (Phi) is 4.06. The van der Waals surface area contributed by atoms with Crippen molar-refractivity contribution >= 4 is 16.9 Å². The van der Waals surface area contributed by atoms with Crippen molar-refractivity contribution in [2.45, 2.75) is 44.6 Å². The zero-order valence-electron chi connectivity index (χ0n) is 12.4. The first-order valence-corrected chi connectivity index (χ1v) is 8.57. The monoisotopic (exact) mass is 292 g/mol. The molecular weight excluding hydrogens is 268 g/mol. The second-order valence-corrected chi connectivity index (χ2v) is 7.30. The van der Waals surface area contributed by atoms with Gasteiger partial charge >= 0.3 is 0 Å². The van der Waals surface area contributed by atoms with Gasteiger partial charge in [0.1, 0.15) is 0 Å². The summed E-state index contributed by atoms with van der Waals surface area (Å²) >= 11 is 1.91. The number of rotatable bonds is 3. The van der Waals surface area contributed by atoms with Crippen molar-refractivity contribution in [2.24, 2.45) is 18.0 Å². The number of hydrogen-bond acceptors (Lipinski definition) is 3. The van der Waals surface area contributed by atoms with Gasteiger partial charge in [-0.3, -0.25) is 9.67 Å². The lowest BCUT2D eigenvalue weighted by Crippen LogP contribution is -2.46. The number of aryl methyl sites for hydroxylation is 1. The third kappa shape index (κ3) is 3.19. The lowest BCUT2D eigenvalue weighted by atomic mass is 9.78. The zero-order valence-corrected chi connectivity index (χ0v) is 13.2. The minimum atomic E-state index is 0.352. The van der Waals surface area contributed by atoms with Gasteiger partial charge in [0.25, 0.3) is 0 Å². The van der Waals surface area contributed by atoms with Crippen LogP contribution in [0.1, 0.15) is 38.2 Å². The van der Waals surface area contributed by atoms with Gasteiger partial charge in [-0.2, -0.15) is 5.10 Å². The van der Waals surface area contributed by atoms with Crippen molar-refractivity contribution < 1.29 is 0 Å². The number of nitrogens with zero attached hydrogens (tertiary/aromatic N) is 3. The minimum absolute atomic E-state index is 0.352. The highest BCUT2D eigenvalue weighted by Crippen LogP contribution is 2.38. The topological polar surface area (TPSA) is 42.2 Å². The molecule has 0 unspecified atom stereocenters. The fourth-order valence-electron chi connectivity index (χ4n) is 3.06. The highest BCUT2D eigenvalue weighted by atomic mass is 32.2. The van der Waals surface area contributed by atoms with Crippen molar-refractivity contribution in [3.63, 3.8) is 0 Å². The molecule has 0 radical (unpaired) electrons. The Hall–Kier alpha value is -0.970. The molecule has 3 rings (SSSR count). The molecule has 0 bridgehead atoms. The Morgan fingerprint density at radius 3 is 3.00 bits per heavy atom. The number of aliphatic imine (C=N–C) groups is 1. The summed E-state index contributed by atoms with van der Waals surface area (Å²) in [6.07, 6.45) is 10.3. The molecular formula is C15H24N4S. The van der Waals surface area contributed by atoms with Gasteiger partial charge in [-0.15, -0.1) is 0 Å². The van der Waals surface area contributed by atoms with Crippen LogP contribution in [0.4, 0.5) is 0 Å². The molecule has 0 atom stereocenters. The van der Waals surface area contributed by atoms with E-state index >= 15 is 0 Å². The van der Waals surface area contributed by atoms with E-state index in [1.165, 1.54) is 37.0 Å². The molecule has 2 heterocycles. The number of hydrogen-bond donors (Lipinski definition) is 1. The molecule has 5 heteroatoms. The van der Waals surface area contributed by atoms with Crippen molar-refractivity contribution in [3.05, 3.63) is 18.0 Å². The first-order valence-electron chi connectivity index (χ1n) is 7.58. The lowest BCUT2D eigenvalue weighted by molar-refractivity contribution is 0.251. The van der Waals surface area contributed by atoms with E-state index in [4.69, 9.17) is 4.99 Å². The number of thioether (sulfide) groups is 1. The molecule has 1 saturated heterocycles. The van der Waals surface area contributed by atoms with E-state index in [1.54, 1.807) is 0 Å². The van der Waals surface area contributed by atoms with Crippen LogP contribution in [0.3, 0.4) is 0 Å². The first kappa shape index (κ1) is 14.0. The van der Waals surface area contributed by atoms with Gasteiger partial charge in [0.15, 0.2) is 5.17 Å². The Balaban J connectivity index is 1.50. The largest absolute Gasteiger partial charge is 0.359 e. The average molecular weight is 292 g/mol. The number of amidine groups is 1. The quantitative estimate of drug-likeness (QED) is 0.931. The van der Waals surface area contributed by atoms with E-state index in [2.05, 4.69) is 23.5 Å². The smallest absolute Gasteiger partial charge is 0.157 e. The Bertz CT molecular complexity index is 486. The predicted molar refractivity (Wildman–Crippen MR) is 85.2 cm³/mol. The summed E-state index contributed by atoms with van der Waals surface area (Å²) in [6.45, 7) is 3.23. The summed E-state index contributed by atoms with van der Waals surface area (Å²) in [5.74, 6) is 2.10. The standard InChI is InChI=1S/C15H24N4S/c1-12-3-6-15(7-4-12)11-20-14(18-15)16-8-5-13-9-17-19(2)10-13/h9-10,12H,3-8,11H2,1-2H3,(H,16,18). The normalized spacial score (nSPS) is 31.9. The molecule has 1 aromatic rings.